The Morgan fingerprint density at radius 3 is 2.47 bits per heavy atom. The monoisotopic (exact) mass is 235 g/mol. The second kappa shape index (κ2) is 7.30. The molecule has 0 amide bonds. The minimum absolute atomic E-state index is 0.853. The SMILES string of the molecule is CCCN(CCN(C)C)Cc1cccc(N)c1. The summed E-state index contributed by atoms with van der Waals surface area (Å²) >= 11 is 0. The molecule has 0 aliphatic heterocycles. The summed E-state index contributed by atoms with van der Waals surface area (Å²) in [5.74, 6) is 0. The first-order valence-electron chi connectivity index (χ1n) is 6.33. The van der Waals surface area contributed by atoms with Gasteiger partial charge in [-0.05, 0) is 44.8 Å². The minimum Gasteiger partial charge on any atom is -0.399 e. The molecule has 1 aromatic carbocycles. The summed E-state index contributed by atoms with van der Waals surface area (Å²) in [5, 5.41) is 0. The van der Waals surface area contributed by atoms with Crippen molar-refractivity contribution in [2.75, 3.05) is 39.5 Å². The highest BCUT2D eigenvalue weighted by atomic mass is 15.2. The van der Waals surface area contributed by atoms with E-state index >= 15 is 0 Å². The lowest BCUT2D eigenvalue weighted by Crippen LogP contribution is -2.32. The van der Waals surface area contributed by atoms with Crippen LogP contribution in [0.4, 0.5) is 5.69 Å². The molecule has 2 N–H and O–H groups in total. The Balaban J connectivity index is 2.53. The fraction of sp³-hybridized carbons (Fsp3) is 0.571. The van der Waals surface area contributed by atoms with Crippen LogP contribution in [-0.4, -0.2) is 43.5 Å². The van der Waals surface area contributed by atoms with Crippen molar-refractivity contribution in [2.45, 2.75) is 19.9 Å². The van der Waals surface area contributed by atoms with Crippen LogP contribution in [0.15, 0.2) is 24.3 Å². The molecular formula is C14H25N3. The summed E-state index contributed by atoms with van der Waals surface area (Å²) < 4.78 is 0. The van der Waals surface area contributed by atoms with Crippen LogP contribution in [-0.2, 0) is 6.54 Å². The lowest BCUT2D eigenvalue weighted by Gasteiger charge is -2.23. The van der Waals surface area contributed by atoms with Crippen molar-refractivity contribution in [3.63, 3.8) is 0 Å². The quantitative estimate of drug-likeness (QED) is 0.734. The Kier molecular flexibility index (Phi) is 6.01. The van der Waals surface area contributed by atoms with Crippen molar-refractivity contribution in [1.82, 2.24) is 9.80 Å². The largest absolute Gasteiger partial charge is 0.399 e. The summed E-state index contributed by atoms with van der Waals surface area (Å²) in [4.78, 5) is 4.71. The van der Waals surface area contributed by atoms with Crippen molar-refractivity contribution in [1.29, 1.82) is 0 Å². The summed E-state index contributed by atoms with van der Waals surface area (Å²) in [6.07, 6.45) is 1.19. The molecule has 1 rings (SSSR count). The molecule has 3 nitrogen and oxygen atoms in total. The van der Waals surface area contributed by atoms with E-state index in [-0.39, 0.29) is 0 Å². The normalized spacial score (nSPS) is 11.4. The first-order chi connectivity index (χ1) is 8.11. The molecule has 0 radical (unpaired) electrons. The van der Waals surface area contributed by atoms with Gasteiger partial charge >= 0.3 is 0 Å². The topological polar surface area (TPSA) is 32.5 Å². The van der Waals surface area contributed by atoms with Crippen LogP contribution >= 0.6 is 0 Å². The van der Waals surface area contributed by atoms with Crippen LogP contribution in [0.2, 0.25) is 0 Å². The third kappa shape index (κ3) is 5.71. The van der Waals surface area contributed by atoms with E-state index < -0.39 is 0 Å². The molecule has 0 aliphatic carbocycles. The molecule has 3 heteroatoms. The van der Waals surface area contributed by atoms with Crippen molar-refractivity contribution in [3.05, 3.63) is 29.8 Å². The van der Waals surface area contributed by atoms with E-state index in [0.29, 0.717) is 0 Å². The molecular weight excluding hydrogens is 210 g/mol. The van der Waals surface area contributed by atoms with Crippen molar-refractivity contribution >= 4 is 5.69 Å². The highest BCUT2D eigenvalue weighted by molar-refractivity contribution is 5.40. The Bertz CT molecular complexity index is 323. The fourth-order valence-corrected chi connectivity index (χ4v) is 1.88. The average Bonchev–Trinajstić information content (AvgIpc) is 2.26. The molecule has 0 atom stereocenters. The number of nitrogen functional groups attached to an aromatic ring is 1. The zero-order valence-electron chi connectivity index (χ0n) is 11.3. The molecule has 0 saturated carbocycles. The summed E-state index contributed by atoms with van der Waals surface area (Å²) in [6.45, 7) is 6.56. The maximum atomic E-state index is 5.80. The predicted octanol–water partition coefficient (Wildman–Crippen LogP) is 2.04. The van der Waals surface area contributed by atoms with Gasteiger partial charge in [-0.2, -0.15) is 0 Å². The molecule has 0 fully saturated rings. The molecule has 0 saturated heterocycles. The van der Waals surface area contributed by atoms with Gasteiger partial charge in [-0.3, -0.25) is 4.90 Å². The highest BCUT2D eigenvalue weighted by Gasteiger charge is 2.05. The fourth-order valence-electron chi connectivity index (χ4n) is 1.88. The van der Waals surface area contributed by atoms with Gasteiger partial charge in [0.05, 0.1) is 0 Å². The average molecular weight is 235 g/mol. The zero-order chi connectivity index (χ0) is 12.7. The van der Waals surface area contributed by atoms with E-state index in [1.807, 2.05) is 12.1 Å². The first-order valence-corrected chi connectivity index (χ1v) is 6.33. The lowest BCUT2D eigenvalue weighted by atomic mass is 10.2. The molecule has 0 aliphatic rings. The maximum absolute atomic E-state index is 5.80. The molecule has 0 unspecified atom stereocenters. The van der Waals surface area contributed by atoms with Crippen LogP contribution in [0.5, 0.6) is 0 Å². The number of benzene rings is 1. The molecule has 0 aromatic heterocycles. The smallest absolute Gasteiger partial charge is 0.0317 e. The number of likely N-dealkylation sites (N-methyl/N-ethyl adjacent to an activating group) is 1. The Morgan fingerprint density at radius 1 is 1.12 bits per heavy atom. The van der Waals surface area contributed by atoms with Crippen LogP contribution in [0.25, 0.3) is 0 Å². The molecule has 17 heavy (non-hydrogen) atoms. The highest BCUT2D eigenvalue weighted by Crippen LogP contribution is 2.09. The lowest BCUT2D eigenvalue weighted by molar-refractivity contribution is 0.234. The number of nitrogens with zero attached hydrogens (tertiary/aromatic N) is 2. The van der Waals surface area contributed by atoms with Crippen molar-refractivity contribution in [3.8, 4) is 0 Å². The third-order valence-corrected chi connectivity index (χ3v) is 2.76. The van der Waals surface area contributed by atoms with Gasteiger partial charge in [-0.15, -0.1) is 0 Å². The van der Waals surface area contributed by atoms with Crippen LogP contribution in [0.3, 0.4) is 0 Å². The minimum atomic E-state index is 0.853. The van der Waals surface area contributed by atoms with E-state index in [1.165, 1.54) is 12.0 Å². The van der Waals surface area contributed by atoms with Gasteiger partial charge in [-0.1, -0.05) is 19.1 Å². The van der Waals surface area contributed by atoms with Gasteiger partial charge < -0.3 is 10.6 Å². The summed E-state index contributed by atoms with van der Waals surface area (Å²) in [5.41, 5.74) is 7.96. The number of nitrogens with two attached hydrogens (primary N) is 1. The predicted molar refractivity (Wildman–Crippen MR) is 75.0 cm³/mol. The second-order valence-electron chi connectivity index (χ2n) is 4.82. The van der Waals surface area contributed by atoms with Gasteiger partial charge in [-0.25, -0.2) is 0 Å². The molecule has 0 spiro atoms. The summed E-state index contributed by atoms with van der Waals surface area (Å²) in [7, 11) is 4.23. The van der Waals surface area contributed by atoms with Crippen LogP contribution in [0.1, 0.15) is 18.9 Å². The van der Waals surface area contributed by atoms with E-state index in [2.05, 4.69) is 43.0 Å². The van der Waals surface area contributed by atoms with Crippen molar-refractivity contribution < 1.29 is 0 Å². The molecule has 96 valence electrons. The first kappa shape index (κ1) is 14.0. The number of anilines is 1. The maximum Gasteiger partial charge on any atom is 0.0317 e. The number of hydrogen-bond acceptors (Lipinski definition) is 3. The van der Waals surface area contributed by atoms with Crippen LogP contribution in [0, 0.1) is 0 Å². The molecule has 0 bridgehead atoms. The Labute approximate surface area is 105 Å². The summed E-state index contributed by atoms with van der Waals surface area (Å²) in [6, 6.07) is 8.18. The number of rotatable bonds is 7. The third-order valence-electron chi connectivity index (χ3n) is 2.76. The zero-order valence-corrected chi connectivity index (χ0v) is 11.3. The number of hydrogen-bond donors (Lipinski definition) is 1. The van der Waals surface area contributed by atoms with E-state index in [4.69, 9.17) is 5.73 Å². The second-order valence-corrected chi connectivity index (χ2v) is 4.82. The standard InChI is InChI=1S/C14H25N3/c1-4-8-17(10-9-16(2)3)12-13-6-5-7-14(15)11-13/h5-7,11H,4,8-10,12,15H2,1-3H3. The Morgan fingerprint density at radius 2 is 1.88 bits per heavy atom. The van der Waals surface area contributed by atoms with E-state index in [0.717, 1.165) is 31.9 Å². The van der Waals surface area contributed by atoms with E-state index in [1.54, 1.807) is 0 Å². The van der Waals surface area contributed by atoms with Gasteiger partial charge in [0.25, 0.3) is 0 Å². The Hall–Kier alpha value is -1.06. The van der Waals surface area contributed by atoms with Crippen LogP contribution < -0.4 is 5.73 Å². The van der Waals surface area contributed by atoms with Crippen molar-refractivity contribution in [2.24, 2.45) is 0 Å². The van der Waals surface area contributed by atoms with Gasteiger partial charge in [0, 0.05) is 25.3 Å². The van der Waals surface area contributed by atoms with Gasteiger partial charge in [0.15, 0.2) is 0 Å². The van der Waals surface area contributed by atoms with E-state index in [9.17, 15) is 0 Å². The van der Waals surface area contributed by atoms with Gasteiger partial charge in [0.2, 0.25) is 0 Å². The van der Waals surface area contributed by atoms with Gasteiger partial charge in [0.1, 0.15) is 0 Å². The molecule has 0 heterocycles. The molecule has 1 aromatic rings.